The quantitative estimate of drug-likeness (QED) is 0.806. The van der Waals surface area contributed by atoms with Gasteiger partial charge in [0.15, 0.2) is 0 Å². The van der Waals surface area contributed by atoms with Gasteiger partial charge in [-0.3, -0.25) is 4.79 Å². The summed E-state index contributed by atoms with van der Waals surface area (Å²) in [6.45, 7) is 3.92. The summed E-state index contributed by atoms with van der Waals surface area (Å²) in [5.74, 6) is 2.65. The van der Waals surface area contributed by atoms with Gasteiger partial charge in [0.25, 0.3) is 0 Å². The molecule has 2 unspecified atom stereocenters. The summed E-state index contributed by atoms with van der Waals surface area (Å²) >= 11 is 0. The molecule has 2 aliphatic carbocycles. The van der Waals surface area contributed by atoms with Crippen LogP contribution >= 0.6 is 0 Å². The van der Waals surface area contributed by atoms with Gasteiger partial charge in [-0.15, -0.1) is 0 Å². The smallest absolute Gasteiger partial charge is 0.223 e. The molecule has 3 nitrogen and oxygen atoms in total. The van der Waals surface area contributed by atoms with Crippen LogP contribution in [0.3, 0.4) is 0 Å². The van der Waals surface area contributed by atoms with Gasteiger partial charge in [-0.25, -0.2) is 0 Å². The Balaban J connectivity index is 1.71. The number of hydrogen-bond acceptors (Lipinski definition) is 2. The van der Waals surface area contributed by atoms with E-state index in [-0.39, 0.29) is 5.92 Å². The van der Waals surface area contributed by atoms with Crippen molar-refractivity contribution in [3.8, 4) is 0 Å². The van der Waals surface area contributed by atoms with Gasteiger partial charge in [-0.2, -0.15) is 0 Å². The first kappa shape index (κ1) is 13.9. The van der Waals surface area contributed by atoms with Crippen molar-refractivity contribution >= 4 is 5.91 Å². The predicted molar refractivity (Wildman–Crippen MR) is 74.0 cm³/mol. The van der Waals surface area contributed by atoms with Crippen molar-refractivity contribution in [3.63, 3.8) is 0 Å². The molecule has 2 saturated carbocycles. The third kappa shape index (κ3) is 3.47. The van der Waals surface area contributed by atoms with E-state index in [1.807, 2.05) is 0 Å². The van der Waals surface area contributed by atoms with Crippen molar-refractivity contribution in [3.05, 3.63) is 0 Å². The van der Waals surface area contributed by atoms with Crippen LogP contribution < -0.4 is 11.1 Å². The monoisotopic (exact) mass is 252 g/mol. The van der Waals surface area contributed by atoms with Crippen LogP contribution in [0.25, 0.3) is 0 Å². The molecule has 0 radical (unpaired) electrons. The van der Waals surface area contributed by atoms with E-state index in [1.165, 1.54) is 32.1 Å². The van der Waals surface area contributed by atoms with Crippen molar-refractivity contribution in [2.24, 2.45) is 29.4 Å². The SMILES string of the molecule is CC1CCC(C(=O)NCC2CCCC2CN)CC1. The van der Waals surface area contributed by atoms with Gasteiger partial charge < -0.3 is 11.1 Å². The molecule has 2 rings (SSSR count). The fourth-order valence-electron chi connectivity index (χ4n) is 3.59. The summed E-state index contributed by atoms with van der Waals surface area (Å²) in [6, 6.07) is 0. The zero-order valence-electron chi connectivity index (χ0n) is 11.7. The van der Waals surface area contributed by atoms with Gasteiger partial charge in [0, 0.05) is 12.5 Å². The summed E-state index contributed by atoms with van der Waals surface area (Å²) in [5.41, 5.74) is 5.78. The van der Waals surface area contributed by atoms with Crippen LogP contribution in [-0.4, -0.2) is 19.0 Å². The largest absolute Gasteiger partial charge is 0.356 e. The Kier molecular flexibility index (Phi) is 5.04. The molecule has 0 aromatic rings. The number of carbonyl (C=O) groups excluding carboxylic acids is 1. The third-order valence-electron chi connectivity index (χ3n) is 5.04. The van der Waals surface area contributed by atoms with Gasteiger partial charge in [-0.1, -0.05) is 13.3 Å². The first-order chi connectivity index (χ1) is 8.70. The molecule has 0 spiro atoms. The van der Waals surface area contributed by atoms with Crippen LogP contribution in [0.1, 0.15) is 51.9 Å². The minimum atomic E-state index is 0.277. The first-order valence-electron chi connectivity index (χ1n) is 7.68. The second kappa shape index (κ2) is 6.55. The van der Waals surface area contributed by atoms with E-state index in [4.69, 9.17) is 5.73 Å². The van der Waals surface area contributed by atoms with E-state index in [2.05, 4.69) is 12.2 Å². The maximum absolute atomic E-state index is 12.1. The Morgan fingerprint density at radius 2 is 1.78 bits per heavy atom. The first-order valence-corrected chi connectivity index (χ1v) is 7.68. The minimum absolute atomic E-state index is 0.277. The average Bonchev–Trinajstić information content (AvgIpc) is 2.84. The summed E-state index contributed by atoms with van der Waals surface area (Å²) in [5, 5.41) is 3.18. The average molecular weight is 252 g/mol. The highest BCUT2D eigenvalue weighted by Crippen LogP contribution is 2.31. The molecular formula is C15H28N2O. The Labute approximate surface area is 111 Å². The number of amides is 1. The Morgan fingerprint density at radius 3 is 2.44 bits per heavy atom. The number of hydrogen-bond donors (Lipinski definition) is 2. The topological polar surface area (TPSA) is 55.1 Å². The molecule has 2 aliphatic rings. The fourth-order valence-corrected chi connectivity index (χ4v) is 3.59. The Hall–Kier alpha value is -0.570. The lowest BCUT2D eigenvalue weighted by atomic mass is 9.82. The molecule has 0 saturated heterocycles. The van der Waals surface area contributed by atoms with E-state index < -0.39 is 0 Å². The summed E-state index contributed by atoms with van der Waals surface area (Å²) in [6.07, 6.45) is 8.36. The van der Waals surface area contributed by atoms with Gasteiger partial charge in [-0.05, 0) is 62.8 Å². The summed E-state index contributed by atoms with van der Waals surface area (Å²) < 4.78 is 0. The molecule has 104 valence electrons. The maximum Gasteiger partial charge on any atom is 0.223 e. The van der Waals surface area contributed by atoms with Crippen LogP contribution in [0.15, 0.2) is 0 Å². The highest BCUT2D eigenvalue weighted by atomic mass is 16.1. The Morgan fingerprint density at radius 1 is 1.11 bits per heavy atom. The van der Waals surface area contributed by atoms with Crippen LogP contribution in [0.2, 0.25) is 0 Å². The normalized spacial score (nSPS) is 36.6. The zero-order chi connectivity index (χ0) is 13.0. The Bertz CT molecular complexity index is 272. The van der Waals surface area contributed by atoms with E-state index in [0.29, 0.717) is 17.7 Å². The standard InChI is InChI=1S/C15H28N2O/c1-11-5-7-12(8-6-11)15(18)17-10-14-4-2-3-13(14)9-16/h11-14H,2-10,16H2,1H3,(H,17,18). The lowest BCUT2D eigenvalue weighted by Crippen LogP contribution is -2.37. The second-order valence-electron chi connectivity index (χ2n) is 6.39. The van der Waals surface area contributed by atoms with E-state index in [1.54, 1.807) is 0 Å². The van der Waals surface area contributed by atoms with Crippen molar-refractivity contribution in [1.82, 2.24) is 5.32 Å². The summed E-state index contributed by atoms with van der Waals surface area (Å²) in [4.78, 5) is 12.1. The molecule has 2 fully saturated rings. The van der Waals surface area contributed by atoms with Gasteiger partial charge in [0.1, 0.15) is 0 Å². The molecular weight excluding hydrogens is 224 g/mol. The van der Waals surface area contributed by atoms with Gasteiger partial charge in [0.05, 0.1) is 0 Å². The number of rotatable bonds is 4. The van der Waals surface area contributed by atoms with Crippen LogP contribution in [0, 0.1) is 23.7 Å². The number of nitrogens with one attached hydrogen (secondary N) is 1. The molecule has 3 heteroatoms. The zero-order valence-corrected chi connectivity index (χ0v) is 11.7. The molecule has 0 aliphatic heterocycles. The molecule has 0 aromatic heterocycles. The molecule has 1 amide bonds. The van der Waals surface area contributed by atoms with Crippen LogP contribution in [0.5, 0.6) is 0 Å². The summed E-state index contributed by atoms with van der Waals surface area (Å²) in [7, 11) is 0. The van der Waals surface area contributed by atoms with Crippen LogP contribution in [0.4, 0.5) is 0 Å². The molecule has 0 heterocycles. The highest BCUT2D eigenvalue weighted by molar-refractivity contribution is 5.78. The molecule has 3 N–H and O–H groups in total. The lowest BCUT2D eigenvalue weighted by Gasteiger charge is -2.26. The van der Waals surface area contributed by atoms with E-state index >= 15 is 0 Å². The van der Waals surface area contributed by atoms with Crippen molar-refractivity contribution < 1.29 is 4.79 Å². The van der Waals surface area contributed by atoms with E-state index in [9.17, 15) is 4.79 Å². The third-order valence-corrected chi connectivity index (χ3v) is 5.04. The van der Waals surface area contributed by atoms with Crippen molar-refractivity contribution in [2.75, 3.05) is 13.1 Å². The number of carbonyl (C=O) groups is 1. The number of nitrogens with two attached hydrogens (primary N) is 1. The minimum Gasteiger partial charge on any atom is -0.356 e. The molecule has 0 aromatic carbocycles. The second-order valence-corrected chi connectivity index (χ2v) is 6.39. The van der Waals surface area contributed by atoms with Crippen LogP contribution in [-0.2, 0) is 4.79 Å². The fraction of sp³-hybridized carbons (Fsp3) is 0.933. The highest BCUT2D eigenvalue weighted by Gasteiger charge is 2.28. The van der Waals surface area contributed by atoms with E-state index in [0.717, 1.165) is 31.8 Å². The van der Waals surface area contributed by atoms with Crippen molar-refractivity contribution in [2.45, 2.75) is 51.9 Å². The van der Waals surface area contributed by atoms with Crippen molar-refractivity contribution in [1.29, 1.82) is 0 Å². The molecule has 18 heavy (non-hydrogen) atoms. The lowest BCUT2D eigenvalue weighted by molar-refractivity contribution is -0.126. The maximum atomic E-state index is 12.1. The molecule has 0 bridgehead atoms. The van der Waals surface area contributed by atoms with Gasteiger partial charge in [0.2, 0.25) is 5.91 Å². The molecule has 2 atom stereocenters. The van der Waals surface area contributed by atoms with Gasteiger partial charge >= 0.3 is 0 Å². The predicted octanol–water partition coefficient (Wildman–Crippen LogP) is 2.30.